The molecular formula is C15H23N3O. The smallest absolute Gasteiger partial charge is 0.136 e. The number of nitrogens with one attached hydrogen (secondary N) is 1. The topological polar surface area (TPSA) is 48.3 Å². The molecule has 0 unspecified atom stereocenters. The van der Waals surface area contributed by atoms with E-state index >= 15 is 0 Å². The summed E-state index contributed by atoms with van der Waals surface area (Å²) < 4.78 is 5.19. The minimum Gasteiger partial charge on any atom is -0.495 e. The second-order valence-electron chi connectivity index (χ2n) is 4.83. The fourth-order valence-electron chi connectivity index (χ4n) is 1.85. The van der Waals surface area contributed by atoms with Gasteiger partial charge in [0.05, 0.1) is 12.7 Å². The molecule has 0 aliphatic rings. The van der Waals surface area contributed by atoms with E-state index in [2.05, 4.69) is 30.4 Å². The Morgan fingerprint density at radius 2 is 2.11 bits per heavy atom. The lowest BCUT2D eigenvalue weighted by atomic mass is 10.1. The highest BCUT2D eigenvalue weighted by atomic mass is 16.5. The fourth-order valence-corrected chi connectivity index (χ4v) is 1.85. The van der Waals surface area contributed by atoms with Crippen molar-refractivity contribution in [2.45, 2.75) is 19.4 Å². The van der Waals surface area contributed by atoms with Crippen LogP contribution in [0, 0.1) is 11.3 Å². The van der Waals surface area contributed by atoms with E-state index in [-0.39, 0.29) is 0 Å². The van der Waals surface area contributed by atoms with E-state index in [0.29, 0.717) is 11.3 Å². The second kappa shape index (κ2) is 8.52. The molecule has 19 heavy (non-hydrogen) atoms. The number of benzene rings is 1. The first-order valence-corrected chi connectivity index (χ1v) is 6.60. The van der Waals surface area contributed by atoms with Crippen molar-refractivity contribution in [3.63, 3.8) is 0 Å². The zero-order valence-electron chi connectivity index (χ0n) is 12.1. The van der Waals surface area contributed by atoms with E-state index < -0.39 is 0 Å². The van der Waals surface area contributed by atoms with Gasteiger partial charge in [0.2, 0.25) is 0 Å². The van der Waals surface area contributed by atoms with Crippen LogP contribution in [0.15, 0.2) is 18.2 Å². The van der Waals surface area contributed by atoms with Crippen LogP contribution in [0.1, 0.15) is 24.0 Å². The van der Waals surface area contributed by atoms with Gasteiger partial charge in [-0.15, -0.1) is 0 Å². The van der Waals surface area contributed by atoms with E-state index in [1.165, 1.54) is 12.8 Å². The Labute approximate surface area is 116 Å². The van der Waals surface area contributed by atoms with Crippen LogP contribution in [-0.2, 0) is 6.54 Å². The van der Waals surface area contributed by atoms with Crippen LogP contribution in [0.2, 0.25) is 0 Å². The number of nitrogens with zero attached hydrogens (tertiary/aromatic N) is 2. The Kier molecular flexibility index (Phi) is 6.94. The van der Waals surface area contributed by atoms with Gasteiger partial charge >= 0.3 is 0 Å². The Morgan fingerprint density at radius 3 is 2.74 bits per heavy atom. The van der Waals surface area contributed by atoms with Gasteiger partial charge in [-0.2, -0.15) is 5.26 Å². The highest BCUT2D eigenvalue weighted by Gasteiger charge is 2.03. The van der Waals surface area contributed by atoms with Gasteiger partial charge in [0, 0.05) is 6.54 Å². The molecule has 4 nitrogen and oxygen atoms in total. The molecule has 0 aliphatic carbocycles. The monoisotopic (exact) mass is 261 g/mol. The summed E-state index contributed by atoms with van der Waals surface area (Å²) in [6.45, 7) is 2.95. The van der Waals surface area contributed by atoms with Gasteiger partial charge in [-0.3, -0.25) is 0 Å². The molecule has 0 aromatic heterocycles. The molecule has 4 heteroatoms. The summed E-state index contributed by atoms with van der Waals surface area (Å²) in [6.07, 6.45) is 2.38. The minimum absolute atomic E-state index is 0.581. The molecule has 0 saturated carbocycles. The minimum atomic E-state index is 0.581. The second-order valence-corrected chi connectivity index (χ2v) is 4.83. The zero-order chi connectivity index (χ0) is 14.1. The average molecular weight is 261 g/mol. The maximum atomic E-state index is 8.91. The van der Waals surface area contributed by atoms with Crippen molar-refractivity contribution in [2.24, 2.45) is 0 Å². The summed E-state index contributed by atoms with van der Waals surface area (Å²) in [6, 6.07) is 7.81. The predicted octanol–water partition coefficient (Wildman–Crippen LogP) is 2.00. The van der Waals surface area contributed by atoms with Crippen molar-refractivity contribution in [1.29, 1.82) is 5.26 Å². The average Bonchev–Trinajstić information content (AvgIpc) is 2.42. The number of rotatable bonds is 8. The number of nitriles is 1. The first-order valence-electron chi connectivity index (χ1n) is 6.60. The maximum Gasteiger partial charge on any atom is 0.136 e. The highest BCUT2D eigenvalue weighted by molar-refractivity contribution is 5.45. The molecule has 1 N–H and O–H groups in total. The molecule has 0 bridgehead atoms. The Morgan fingerprint density at radius 1 is 1.32 bits per heavy atom. The first kappa shape index (κ1) is 15.5. The van der Waals surface area contributed by atoms with Crippen LogP contribution < -0.4 is 10.1 Å². The molecule has 0 spiro atoms. The predicted molar refractivity (Wildman–Crippen MR) is 77.2 cm³/mol. The molecule has 1 rings (SSSR count). The fraction of sp³-hybridized carbons (Fsp3) is 0.533. The lowest BCUT2D eigenvalue weighted by Gasteiger charge is -2.10. The molecular weight excluding hydrogens is 238 g/mol. The van der Waals surface area contributed by atoms with E-state index in [0.717, 1.165) is 25.2 Å². The molecule has 0 aliphatic heterocycles. The van der Waals surface area contributed by atoms with Crippen LogP contribution in [0.4, 0.5) is 0 Å². The van der Waals surface area contributed by atoms with Crippen molar-refractivity contribution in [1.82, 2.24) is 10.2 Å². The molecule has 1 aromatic carbocycles. The van der Waals surface area contributed by atoms with Gasteiger partial charge < -0.3 is 15.0 Å². The van der Waals surface area contributed by atoms with Gasteiger partial charge in [-0.1, -0.05) is 6.07 Å². The number of methoxy groups -OCH3 is 1. The van der Waals surface area contributed by atoms with Crippen molar-refractivity contribution in [2.75, 3.05) is 34.3 Å². The van der Waals surface area contributed by atoms with E-state index in [1.54, 1.807) is 7.11 Å². The van der Waals surface area contributed by atoms with Gasteiger partial charge in [0.15, 0.2) is 0 Å². The van der Waals surface area contributed by atoms with Crippen molar-refractivity contribution < 1.29 is 4.74 Å². The third-order valence-corrected chi connectivity index (χ3v) is 2.92. The largest absolute Gasteiger partial charge is 0.495 e. The highest BCUT2D eigenvalue weighted by Crippen LogP contribution is 2.18. The molecule has 1 aromatic rings. The summed E-state index contributed by atoms with van der Waals surface area (Å²) in [7, 11) is 5.78. The number of hydrogen-bond donors (Lipinski definition) is 1. The van der Waals surface area contributed by atoms with Crippen LogP contribution >= 0.6 is 0 Å². The summed E-state index contributed by atoms with van der Waals surface area (Å²) in [4.78, 5) is 2.20. The normalized spacial score (nSPS) is 10.5. The standard InChI is InChI=1S/C15H23N3O/c1-18(2)9-5-4-8-17-12-13-6-7-14(11-16)15(10-13)19-3/h6-7,10,17H,4-5,8-9,12H2,1-3H3. The number of hydrogen-bond acceptors (Lipinski definition) is 4. The van der Waals surface area contributed by atoms with Gasteiger partial charge in [-0.05, 0) is 57.7 Å². The Hall–Kier alpha value is -1.57. The van der Waals surface area contributed by atoms with Crippen LogP contribution in [0.5, 0.6) is 5.75 Å². The van der Waals surface area contributed by atoms with Crippen molar-refractivity contribution >= 4 is 0 Å². The van der Waals surface area contributed by atoms with Gasteiger partial charge in [-0.25, -0.2) is 0 Å². The van der Waals surface area contributed by atoms with Crippen LogP contribution in [-0.4, -0.2) is 39.2 Å². The molecule has 0 heterocycles. The molecule has 0 amide bonds. The summed E-state index contributed by atoms with van der Waals surface area (Å²) in [5.74, 6) is 0.648. The lowest BCUT2D eigenvalue weighted by molar-refractivity contribution is 0.391. The van der Waals surface area contributed by atoms with Crippen LogP contribution in [0.3, 0.4) is 0 Å². The van der Waals surface area contributed by atoms with Gasteiger partial charge in [0.1, 0.15) is 11.8 Å². The summed E-state index contributed by atoms with van der Waals surface area (Å²) >= 11 is 0. The lowest BCUT2D eigenvalue weighted by Crippen LogP contribution is -2.18. The molecule has 104 valence electrons. The molecule has 0 saturated heterocycles. The molecule has 0 atom stereocenters. The third-order valence-electron chi connectivity index (χ3n) is 2.92. The molecule has 0 radical (unpaired) electrons. The third kappa shape index (κ3) is 5.73. The summed E-state index contributed by atoms with van der Waals surface area (Å²) in [5, 5.41) is 12.3. The maximum absolute atomic E-state index is 8.91. The van der Waals surface area contributed by atoms with Crippen molar-refractivity contribution in [3.05, 3.63) is 29.3 Å². The van der Waals surface area contributed by atoms with E-state index in [9.17, 15) is 0 Å². The van der Waals surface area contributed by atoms with E-state index in [4.69, 9.17) is 10.00 Å². The zero-order valence-corrected chi connectivity index (χ0v) is 12.1. The Bertz CT molecular complexity index is 424. The summed E-state index contributed by atoms with van der Waals surface area (Å²) in [5.41, 5.74) is 1.72. The van der Waals surface area contributed by atoms with E-state index in [1.807, 2.05) is 18.2 Å². The SMILES string of the molecule is COc1cc(CNCCCCN(C)C)ccc1C#N. The van der Waals surface area contributed by atoms with Crippen LogP contribution in [0.25, 0.3) is 0 Å². The van der Waals surface area contributed by atoms with Crippen molar-refractivity contribution in [3.8, 4) is 11.8 Å². The quantitative estimate of drug-likeness (QED) is 0.727. The number of unbranched alkanes of at least 4 members (excludes halogenated alkanes) is 1. The number of ether oxygens (including phenoxy) is 1. The molecule has 0 fully saturated rings. The van der Waals surface area contributed by atoms with Gasteiger partial charge in [0.25, 0.3) is 0 Å². The Balaban J connectivity index is 2.32. The first-order chi connectivity index (χ1) is 9.17.